The maximum absolute atomic E-state index is 6.16. The molecular formula is C15H14Cl3NS. The Morgan fingerprint density at radius 2 is 1.65 bits per heavy atom. The number of nitrogens with two attached hydrogens (primary N) is 1. The summed E-state index contributed by atoms with van der Waals surface area (Å²) in [5.74, 6) is 0.770. The van der Waals surface area contributed by atoms with Gasteiger partial charge < -0.3 is 5.73 Å². The summed E-state index contributed by atoms with van der Waals surface area (Å²) in [6.07, 6.45) is 0.691. The van der Waals surface area contributed by atoms with Crippen LogP contribution < -0.4 is 5.73 Å². The summed E-state index contributed by atoms with van der Waals surface area (Å²) in [6.45, 7) is 0. The van der Waals surface area contributed by atoms with Gasteiger partial charge in [-0.15, -0.1) is 11.8 Å². The molecule has 0 aliphatic carbocycles. The quantitative estimate of drug-likeness (QED) is 0.743. The number of hydrogen-bond acceptors (Lipinski definition) is 2. The zero-order valence-corrected chi connectivity index (χ0v) is 13.7. The number of thioether (sulfide) groups is 1. The number of halogens is 3. The van der Waals surface area contributed by atoms with Crippen molar-refractivity contribution in [2.24, 2.45) is 5.73 Å². The third-order valence-corrected chi connectivity index (χ3v) is 5.36. The third kappa shape index (κ3) is 4.31. The Kier molecular flexibility index (Phi) is 6.06. The molecule has 2 rings (SSSR count). The maximum Gasteiger partial charge on any atom is 0.0624 e. The van der Waals surface area contributed by atoms with E-state index in [9.17, 15) is 0 Å². The molecule has 0 aromatic heterocycles. The van der Waals surface area contributed by atoms with Crippen molar-refractivity contribution in [2.45, 2.75) is 17.4 Å². The molecule has 2 aromatic carbocycles. The molecule has 0 radical (unpaired) electrons. The molecule has 1 nitrogen and oxygen atoms in total. The van der Waals surface area contributed by atoms with Gasteiger partial charge in [-0.3, -0.25) is 0 Å². The lowest BCUT2D eigenvalue weighted by atomic mass is 10.1. The van der Waals surface area contributed by atoms with E-state index in [-0.39, 0.29) is 6.04 Å². The second-order valence-corrected chi connectivity index (χ2v) is 6.67. The fraction of sp³-hybridized carbons (Fsp3) is 0.200. The Morgan fingerprint density at radius 3 is 2.40 bits per heavy atom. The van der Waals surface area contributed by atoms with E-state index in [1.807, 2.05) is 36.4 Å². The van der Waals surface area contributed by atoms with Gasteiger partial charge in [-0.2, -0.15) is 0 Å². The van der Waals surface area contributed by atoms with Crippen molar-refractivity contribution < 1.29 is 0 Å². The van der Waals surface area contributed by atoms with Crippen LogP contribution in [-0.2, 0) is 6.42 Å². The van der Waals surface area contributed by atoms with Crippen LogP contribution in [0.1, 0.15) is 5.56 Å². The first kappa shape index (κ1) is 16.0. The van der Waals surface area contributed by atoms with E-state index in [1.54, 1.807) is 17.8 Å². The topological polar surface area (TPSA) is 26.0 Å². The third-order valence-electron chi connectivity index (χ3n) is 2.80. The van der Waals surface area contributed by atoms with Gasteiger partial charge in [0.05, 0.1) is 15.1 Å². The summed E-state index contributed by atoms with van der Waals surface area (Å²) < 4.78 is 0. The average molecular weight is 347 g/mol. The second-order valence-electron chi connectivity index (χ2n) is 4.42. The summed E-state index contributed by atoms with van der Waals surface area (Å²) in [6, 6.07) is 13.4. The molecule has 0 aliphatic rings. The molecule has 2 N–H and O–H groups in total. The first-order valence-corrected chi connectivity index (χ1v) is 8.25. The van der Waals surface area contributed by atoms with Crippen molar-refractivity contribution in [2.75, 3.05) is 5.75 Å². The van der Waals surface area contributed by atoms with E-state index >= 15 is 0 Å². The Labute approximate surface area is 138 Å². The van der Waals surface area contributed by atoms with Crippen LogP contribution in [0.25, 0.3) is 0 Å². The Morgan fingerprint density at radius 1 is 0.950 bits per heavy atom. The van der Waals surface area contributed by atoms with Crippen LogP contribution in [0, 0.1) is 0 Å². The normalized spacial score (nSPS) is 12.4. The fourth-order valence-electron chi connectivity index (χ4n) is 1.81. The van der Waals surface area contributed by atoms with Crippen molar-refractivity contribution in [3.63, 3.8) is 0 Å². The Bertz CT molecular complexity index is 589. The van der Waals surface area contributed by atoms with Gasteiger partial charge in [-0.1, -0.05) is 59.1 Å². The number of rotatable bonds is 5. The molecule has 1 unspecified atom stereocenters. The van der Waals surface area contributed by atoms with Crippen molar-refractivity contribution >= 4 is 46.6 Å². The molecule has 0 saturated carbocycles. The monoisotopic (exact) mass is 345 g/mol. The Balaban J connectivity index is 1.94. The van der Waals surface area contributed by atoms with Crippen LogP contribution >= 0.6 is 46.6 Å². The maximum atomic E-state index is 6.16. The molecule has 0 amide bonds. The van der Waals surface area contributed by atoms with E-state index in [1.165, 1.54) is 0 Å². The SMILES string of the molecule is NC(CSc1ccccc1Cl)Cc1cccc(Cl)c1Cl. The summed E-state index contributed by atoms with van der Waals surface area (Å²) in [5.41, 5.74) is 7.14. The highest BCUT2D eigenvalue weighted by atomic mass is 35.5. The predicted octanol–water partition coefficient (Wildman–Crippen LogP) is 5.31. The summed E-state index contributed by atoms with van der Waals surface area (Å²) in [5, 5.41) is 1.91. The highest BCUT2D eigenvalue weighted by Crippen LogP contribution is 2.29. The number of benzene rings is 2. The van der Waals surface area contributed by atoms with Crippen molar-refractivity contribution in [3.05, 3.63) is 63.1 Å². The zero-order valence-electron chi connectivity index (χ0n) is 10.7. The van der Waals surface area contributed by atoms with Crippen LogP contribution in [0.15, 0.2) is 47.4 Å². The van der Waals surface area contributed by atoms with Crippen LogP contribution in [0.5, 0.6) is 0 Å². The molecule has 106 valence electrons. The minimum atomic E-state index is -0.00719. The smallest absolute Gasteiger partial charge is 0.0624 e. The highest BCUT2D eigenvalue weighted by Gasteiger charge is 2.10. The van der Waals surface area contributed by atoms with Gasteiger partial charge in [0.25, 0.3) is 0 Å². The minimum absolute atomic E-state index is 0.00719. The lowest BCUT2D eigenvalue weighted by Crippen LogP contribution is -2.25. The Hall–Kier alpha value is -0.380. The van der Waals surface area contributed by atoms with E-state index in [4.69, 9.17) is 40.5 Å². The first-order chi connectivity index (χ1) is 9.58. The van der Waals surface area contributed by atoms with Crippen LogP contribution in [0.4, 0.5) is 0 Å². The predicted molar refractivity (Wildman–Crippen MR) is 90.3 cm³/mol. The van der Waals surface area contributed by atoms with Gasteiger partial charge in [0.1, 0.15) is 0 Å². The zero-order chi connectivity index (χ0) is 14.5. The molecular weight excluding hydrogens is 333 g/mol. The molecule has 20 heavy (non-hydrogen) atoms. The largest absolute Gasteiger partial charge is 0.327 e. The van der Waals surface area contributed by atoms with E-state index in [0.29, 0.717) is 16.5 Å². The van der Waals surface area contributed by atoms with Crippen molar-refractivity contribution in [1.29, 1.82) is 0 Å². The van der Waals surface area contributed by atoms with Crippen LogP contribution in [0.2, 0.25) is 15.1 Å². The number of hydrogen-bond donors (Lipinski definition) is 1. The molecule has 0 heterocycles. The van der Waals surface area contributed by atoms with Gasteiger partial charge in [0, 0.05) is 16.7 Å². The van der Waals surface area contributed by atoms with Crippen LogP contribution in [0.3, 0.4) is 0 Å². The lowest BCUT2D eigenvalue weighted by molar-refractivity contribution is 0.749. The second kappa shape index (κ2) is 7.58. The molecule has 1 atom stereocenters. The van der Waals surface area contributed by atoms with E-state index in [0.717, 1.165) is 21.2 Å². The van der Waals surface area contributed by atoms with Gasteiger partial charge in [-0.05, 0) is 30.2 Å². The molecule has 0 aliphatic heterocycles. The molecule has 0 bridgehead atoms. The van der Waals surface area contributed by atoms with Crippen molar-refractivity contribution in [3.8, 4) is 0 Å². The first-order valence-electron chi connectivity index (χ1n) is 6.13. The summed E-state index contributed by atoms with van der Waals surface area (Å²) in [4.78, 5) is 1.04. The summed E-state index contributed by atoms with van der Waals surface area (Å²) >= 11 is 19.9. The van der Waals surface area contributed by atoms with E-state index < -0.39 is 0 Å². The fourth-order valence-corrected chi connectivity index (χ4v) is 3.39. The molecule has 0 fully saturated rings. The van der Waals surface area contributed by atoms with Crippen LogP contribution in [-0.4, -0.2) is 11.8 Å². The average Bonchev–Trinajstić information content (AvgIpc) is 2.43. The molecule has 2 aromatic rings. The molecule has 0 spiro atoms. The highest BCUT2D eigenvalue weighted by molar-refractivity contribution is 7.99. The van der Waals surface area contributed by atoms with Gasteiger partial charge in [0.15, 0.2) is 0 Å². The summed E-state index contributed by atoms with van der Waals surface area (Å²) in [7, 11) is 0. The van der Waals surface area contributed by atoms with Crippen molar-refractivity contribution in [1.82, 2.24) is 0 Å². The minimum Gasteiger partial charge on any atom is -0.327 e. The standard InChI is InChI=1S/C15H14Cl3NS/c16-12-5-1-2-7-14(12)20-9-11(19)8-10-4-3-6-13(17)15(10)18/h1-7,11H,8-9,19H2. The van der Waals surface area contributed by atoms with Gasteiger partial charge in [-0.25, -0.2) is 0 Å². The van der Waals surface area contributed by atoms with E-state index in [2.05, 4.69) is 0 Å². The molecule has 0 saturated heterocycles. The molecule has 5 heteroatoms. The van der Waals surface area contributed by atoms with Gasteiger partial charge in [0.2, 0.25) is 0 Å². The lowest BCUT2D eigenvalue weighted by Gasteiger charge is -2.13. The van der Waals surface area contributed by atoms with Gasteiger partial charge >= 0.3 is 0 Å².